The molecule has 0 rings (SSSR count). The fraction of sp³-hybridized carbons (Fsp3) is 1.00. The molecule has 0 aliphatic carbocycles. The largest absolute Gasteiger partial charge is 0.0761 e. The molecule has 8 heavy (non-hydrogen) atoms. The van der Waals surface area contributed by atoms with Gasteiger partial charge in [-0.3, -0.25) is 0 Å². The molecule has 0 aromatic heterocycles. The first-order valence-corrected chi connectivity index (χ1v) is 8.62. The molecule has 6 radical (unpaired) electrons. The molecule has 3 heteroatoms. The predicted octanol–water partition coefficient (Wildman–Crippen LogP) is 1.05. The molecule has 0 amide bonds. The molecule has 0 aliphatic rings. The molecule has 0 unspecified atom stereocenters. The van der Waals surface area contributed by atoms with Crippen molar-refractivity contribution in [2.45, 2.75) is 26.4 Å². The van der Waals surface area contributed by atoms with E-state index in [2.05, 4.69) is 20.4 Å². The van der Waals surface area contributed by atoms with E-state index in [1.807, 2.05) is 0 Å². The van der Waals surface area contributed by atoms with E-state index >= 15 is 0 Å². The number of hydrogen-bond donors (Lipinski definition) is 0. The van der Waals surface area contributed by atoms with Crippen LogP contribution in [0.4, 0.5) is 0 Å². The summed E-state index contributed by atoms with van der Waals surface area (Å²) in [6.45, 7) is 6.90. The average Bonchev–Trinajstić information content (AvgIpc) is 1.66. The number of rotatable bonds is 4. The molecule has 0 aromatic rings. The van der Waals surface area contributed by atoms with Crippen LogP contribution >= 0.6 is 0 Å². The minimum absolute atomic E-state index is 0.928. The smallest absolute Gasteiger partial charge is 0.0186 e. The van der Waals surface area contributed by atoms with Crippen LogP contribution in [0.3, 0.4) is 0 Å². The Balaban J connectivity index is 2.72. The van der Waals surface area contributed by atoms with E-state index < -0.39 is 0 Å². The van der Waals surface area contributed by atoms with Crippen molar-refractivity contribution >= 4 is 26.6 Å². The molecule has 0 atom stereocenters. The lowest BCUT2D eigenvalue weighted by Crippen LogP contribution is -2.10. The van der Waals surface area contributed by atoms with Gasteiger partial charge in [-0.05, 0) is 0 Å². The zero-order valence-corrected chi connectivity index (χ0v) is 8.78. The summed E-state index contributed by atoms with van der Waals surface area (Å²) in [5.74, 6) is 0.928. The monoisotopic (exact) mass is 156 g/mol. The molecular weight excluding hydrogens is 144 g/mol. The third-order valence-electron chi connectivity index (χ3n) is 0.724. The predicted molar refractivity (Wildman–Crippen MR) is 42.8 cm³/mol. The summed E-state index contributed by atoms with van der Waals surface area (Å²) < 4.78 is 0. The van der Waals surface area contributed by atoms with E-state index in [9.17, 15) is 0 Å². The maximum Gasteiger partial charge on any atom is 0.0186 e. The highest BCUT2D eigenvalue weighted by molar-refractivity contribution is 7.29. The molecular formula is C5H12Si3. The van der Waals surface area contributed by atoms with Crippen molar-refractivity contribution in [3.8, 4) is 0 Å². The lowest BCUT2D eigenvalue weighted by Gasteiger charge is -1.98. The van der Waals surface area contributed by atoms with Crippen LogP contribution in [0.2, 0.25) is 12.6 Å². The summed E-state index contributed by atoms with van der Waals surface area (Å²) in [6, 6.07) is 1.46. The van der Waals surface area contributed by atoms with Crippen molar-refractivity contribution in [2.24, 2.45) is 5.92 Å². The topological polar surface area (TPSA) is 0 Å². The molecule has 0 saturated heterocycles. The normalized spacial score (nSPS) is 10.5. The Morgan fingerprint density at radius 1 is 1.38 bits per heavy atom. The van der Waals surface area contributed by atoms with Gasteiger partial charge >= 0.3 is 0 Å². The Hall–Kier alpha value is 0.651. The summed E-state index contributed by atoms with van der Waals surface area (Å²) in [5, 5.41) is 0. The Morgan fingerprint density at radius 3 is 2.38 bits per heavy atom. The van der Waals surface area contributed by atoms with Gasteiger partial charge < -0.3 is 0 Å². The van der Waals surface area contributed by atoms with E-state index in [1.165, 1.54) is 32.7 Å². The van der Waals surface area contributed by atoms with Gasteiger partial charge in [0.25, 0.3) is 0 Å². The maximum atomic E-state index is 2.30. The van der Waals surface area contributed by atoms with Crippen molar-refractivity contribution in [3.63, 3.8) is 0 Å². The van der Waals surface area contributed by atoms with Crippen LogP contribution in [-0.4, -0.2) is 26.6 Å². The second kappa shape index (κ2) is 5.78. The lowest BCUT2D eigenvalue weighted by atomic mass is 10.3. The first-order valence-electron chi connectivity index (χ1n) is 2.92. The summed E-state index contributed by atoms with van der Waals surface area (Å²) in [6.07, 6.45) is 0. The van der Waals surface area contributed by atoms with Crippen molar-refractivity contribution in [1.82, 2.24) is 0 Å². The van der Waals surface area contributed by atoms with Gasteiger partial charge in [0.2, 0.25) is 0 Å². The standard InChI is InChI=1S/C5H12Si3/c1-5(2)4-7-8-6-3/h5H,4H2,1-3H3. The second-order valence-electron chi connectivity index (χ2n) is 2.15. The van der Waals surface area contributed by atoms with E-state index in [0.717, 1.165) is 5.92 Å². The third-order valence-corrected chi connectivity index (χ3v) is 7.90. The fourth-order valence-corrected chi connectivity index (χ4v) is 5.60. The van der Waals surface area contributed by atoms with Gasteiger partial charge in [0.1, 0.15) is 0 Å². The van der Waals surface area contributed by atoms with Crippen LogP contribution in [0, 0.1) is 5.92 Å². The molecule has 0 saturated carbocycles. The Kier molecular flexibility index (Phi) is 6.25. The Bertz CT molecular complexity index is 44.9. The van der Waals surface area contributed by atoms with Gasteiger partial charge in [-0.15, -0.1) is 0 Å². The highest BCUT2D eigenvalue weighted by atomic mass is 29.5. The van der Waals surface area contributed by atoms with Crippen molar-refractivity contribution in [3.05, 3.63) is 0 Å². The van der Waals surface area contributed by atoms with Crippen molar-refractivity contribution < 1.29 is 0 Å². The van der Waals surface area contributed by atoms with Crippen LogP contribution < -0.4 is 0 Å². The van der Waals surface area contributed by atoms with Crippen LogP contribution in [0.1, 0.15) is 13.8 Å². The van der Waals surface area contributed by atoms with E-state index in [4.69, 9.17) is 0 Å². The highest BCUT2D eigenvalue weighted by Gasteiger charge is 1.92. The molecule has 0 N–H and O–H groups in total. The van der Waals surface area contributed by atoms with Crippen LogP contribution in [0.15, 0.2) is 0 Å². The molecule has 0 bridgehead atoms. The van der Waals surface area contributed by atoms with Gasteiger partial charge in [-0.1, -0.05) is 32.4 Å². The molecule has 0 aliphatic heterocycles. The fourth-order valence-electron chi connectivity index (χ4n) is 0.344. The van der Waals surface area contributed by atoms with E-state index in [-0.39, 0.29) is 0 Å². The first-order chi connectivity index (χ1) is 3.77. The summed E-state index contributed by atoms with van der Waals surface area (Å²) in [5.41, 5.74) is 0. The maximum absolute atomic E-state index is 2.30. The summed E-state index contributed by atoms with van der Waals surface area (Å²) in [4.78, 5) is 0. The molecule has 44 valence electrons. The van der Waals surface area contributed by atoms with Gasteiger partial charge in [-0.2, -0.15) is 0 Å². The highest BCUT2D eigenvalue weighted by Crippen LogP contribution is 1.96. The molecule has 0 fully saturated rings. The zero-order valence-electron chi connectivity index (χ0n) is 5.78. The Morgan fingerprint density at radius 2 is 2.00 bits per heavy atom. The van der Waals surface area contributed by atoms with Gasteiger partial charge in [0.05, 0.1) is 0 Å². The second-order valence-corrected chi connectivity index (χ2v) is 9.22. The van der Waals surface area contributed by atoms with Gasteiger partial charge in [0.15, 0.2) is 0 Å². The molecule has 0 nitrogen and oxygen atoms in total. The molecule has 0 aromatic carbocycles. The summed E-state index contributed by atoms with van der Waals surface area (Å²) >= 11 is 0. The van der Waals surface area contributed by atoms with Gasteiger partial charge in [0, 0.05) is 26.6 Å². The van der Waals surface area contributed by atoms with Crippen LogP contribution in [0.25, 0.3) is 0 Å². The molecule has 0 heterocycles. The van der Waals surface area contributed by atoms with Crippen LogP contribution in [0.5, 0.6) is 0 Å². The van der Waals surface area contributed by atoms with E-state index in [1.54, 1.807) is 0 Å². The zero-order chi connectivity index (χ0) is 6.41. The van der Waals surface area contributed by atoms with E-state index in [0.29, 0.717) is 0 Å². The SMILES string of the molecule is C[Si][Si][Si]CC(C)C. The minimum atomic E-state index is 0.928. The third kappa shape index (κ3) is 6.65. The van der Waals surface area contributed by atoms with Crippen LogP contribution in [-0.2, 0) is 0 Å². The lowest BCUT2D eigenvalue weighted by molar-refractivity contribution is 0.734. The van der Waals surface area contributed by atoms with Crippen molar-refractivity contribution in [1.29, 1.82) is 0 Å². The minimum Gasteiger partial charge on any atom is -0.0761 e. The molecule has 0 spiro atoms. The Labute approximate surface area is 59.5 Å². The average molecular weight is 156 g/mol. The first kappa shape index (κ1) is 8.65. The summed E-state index contributed by atoms with van der Waals surface area (Å²) in [7, 11) is 3.71. The van der Waals surface area contributed by atoms with Crippen molar-refractivity contribution in [2.75, 3.05) is 0 Å². The van der Waals surface area contributed by atoms with Gasteiger partial charge in [-0.25, -0.2) is 0 Å². The quantitative estimate of drug-likeness (QED) is 0.422. The number of hydrogen-bond acceptors (Lipinski definition) is 0.